The van der Waals surface area contributed by atoms with Gasteiger partial charge >= 0.3 is 5.97 Å². The fourth-order valence-corrected chi connectivity index (χ4v) is 2.07. The summed E-state index contributed by atoms with van der Waals surface area (Å²) in [7, 11) is 0. The van der Waals surface area contributed by atoms with Crippen LogP contribution in [0.4, 0.5) is 0 Å². The molecule has 1 radical (unpaired) electrons. The molecule has 0 atom stereocenters. The molecule has 0 saturated carbocycles. The average molecular weight is 277 g/mol. The second-order valence-corrected chi connectivity index (χ2v) is 7.06. The second kappa shape index (κ2) is 5.47. The van der Waals surface area contributed by atoms with Crippen LogP contribution in [0, 0.1) is 6.61 Å². The molecule has 1 aromatic carbocycles. The predicted octanol–water partition coefficient (Wildman–Crippen LogP) is 4.33. The Bertz CT molecular complexity index is 467. The van der Waals surface area contributed by atoms with E-state index in [2.05, 4.69) is 0 Å². The van der Waals surface area contributed by atoms with Gasteiger partial charge in [0.05, 0.1) is 5.56 Å². The summed E-state index contributed by atoms with van der Waals surface area (Å²) >= 11 is 0. The molecule has 0 spiro atoms. The van der Waals surface area contributed by atoms with Gasteiger partial charge in [0.2, 0.25) is 0 Å². The lowest BCUT2D eigenvalue weighted by Crippen LogP contribution is -2.19. The Morgan fingerprint density at radius 3 is 1.75 bits per heavy atom. The SMILES string of the molecule is C[CH]OC(=O)c1cc(C(C)(C)C)c(O)c(C(C)(C)C)c1. The van der Waals surface area contributed by atoms with Gasteiger partial charge in [-0.3, -0.25) is 0 Å². The summed E-state index contributed by atoms with van der Waals surface area (Å²) in [6, 6.07) is 3.44. The minimum Gasteiger partial charge on any atom is -0.507 e. The van der Waals surface area contributed by atoms with Crippen molar-refractivity contribution in [2.45, 2.75) is 59.3 Å². The van der Waals surface area contributed by atoms with E-state index >= 15 is 0 Å². The second-order valence-electron chi connectivity index (χ2n) is 7.06. The third-order valence-corrected chi connectivity index (χ3v) is 3.19. The van der Waals surface area contributed by atoms with E-state index in [1.807, 2.05) is 41.5 Å². The molecule has 3 nitrogen and oxygen atoms in total. The van der Waals surface area contributed by atoms with Gasteiger partial charge in [0.25, 0.3) is 0 Å². The van der Waals surface area contributed by atoms with Crippen molar-refractivity contribution in [1.82, 2.24) is 0 Å². The first-order valence-corrected chi connectivity index (χ1v) is 6.85. The van der Waals surface area contributed by atoms with Gasteiger partial charge in [-0.15, -0.1) is 0 Å². The lowest BCUT2D eigenvalue weighted by molar-refractivity contribution is 0.0612. The summed E-state index contributed by atoms with van der Waals surface area (Å²) in [5.74, 6) is -0.134. The molecule has 1 aromatic rings. The van der Waals surface area contributed by atoms with Gasteiger partial charge in [-0.25, -0.2) is 4.79 Å². The molecular weight excluding hydrogens is 252 g/mol. The smallest absolute Gasteiger partial charge is 0.338 e. The maximum Gasteiger partial charge on any atom is 0.338 e. The fraction of sp³-hybridized carbons (Fsp3) is 0.529. The minimum atomic E-state index is -0.400. The molecule has 0 saturated heterocycles. The van der Waals surface area contributed by atoms with Gasteiger partial charge < -0.3 is 9.84 Å². The van der Waals surface area contributed by atoms with E-state index in [9.17, 15) is 9.90 Å². The number of phenolic OH excluding ortho intramolecular Hbond substituents is 1. The Balaban J connectivity index is 3.55. The molecule has 1 rings (SSSR count). The molecule has 1 N–H and O–H groups in total. The summed E-state index contributed by atoms with van der Waals surface area (Å²) in [4.78, 5) is 12.0. The molecule has 0 aliphatic rings. The number of carbonyl (C=O) groups excluding carboxylic acids is 1. The molecular formula is C17H25O3. The maximum absolute atomic E-state index is 12.0. The van der Waals surface area contributed by atoms with Crippen LogP contribution in [0.2, 0.25) is 0 Å². The number of benzene rings is 1. The van der Waals surface area contributed by atoms with Crippen LogP contribution in [0.1, 0.15) is 70.0 Å². The quantitative estimate of drug-likeness (QED) is 0.819. The third-order valence-electron chi connectivity index (χ3n) is 3.19. The maximum atomic E-state index is 12.0. The number of hydrogen-bond acceptors (Lipinski definition) is 3. The lowest BCUT2D eigenvalue weighted by Gasteiger charge is -2.27. The monoisotopic (exact) mass is 277 g/mol. The minimum absolute atomic E-state index is 0.254. The summed E-state index contributed by atoms with van der Waals surface area (Å²) < 4.78 is 4.96. The predicted molar refractivity (Wildman–Crippen MR) is 80.9 cm³/mol. The Morgan fingerprint density at radius 2 is 1.45 bits per heavy atom. The van der Waals surface area contributed by atoms with Crippen molar-refractivity contribution >= 4 is 5.97 Å². The fourth-order valence-electron chi connectivity index (χ4n) is 2.07. The molecule has 0 heterocycles. The van der Waals surface area contributed by atoms with E-state index in [-0.39, 0.29) is 16.6 Å². The molecule has 0 unspecified atom stereocenters. The van der Waals surface area contributed by atoms with Crippen molar-refractivity contribution in [2.75, 3.05) is 0 Å². The van der Waals surface area contributed by atoms with Crippen LogP contribution in [0.15, 0.2) is 12.1 Å². The number of hydrogen-bond donors (Lipinski definition) is 1. The first kappa shape index (κ1) is 16.5. The Morgan fingerprint density at radius 1 is 1.05 bits per heavy atom. The zero-order chi connectivity index (χ0) is 15.7. The number of phenols is 1. The topological polar surface area (TPSA) is 46.5 Å². The van der Waals surface area contributed by atoms with Gasteiger partial charge in [0.1, 0.15) is 12.4 Å². The first-order valence-electron chi connectivity index (χ1n) is 6.85. The van der Waals surface area contributed by atoms with Crippen molar-refractivity contribution in [3.8, 4) is 5.75 Å². The third kappa shape index (κ3) is 3.53. The van der Waals surface area contributed by atoms with E-state index in [0.29, 0.717) is 5.56 Å². The van der Waals surface area contributed by atoms with Gasteiger partial charge in [-0.2, -0.15) is 0 Å². The van der Waals surface area contributed by atoms with Crippen molar-refractivity contribution in [1.29, 1.82) is 0 Å². The van der Waals surface area contributed by atoms with Crippen LogP contribution in [-0.4, -0.2) is 11.1 Å². The zero-order valence-electron chi connectivity index (χ0n) is 13.5. The highest BCUT2D eigenvalue weighted by molar-refractivity contribution is 5.90. The largest absolute Gasteiger partial charge is 0.507 e. The van der Waals surface area contributed by atoms with E-state index < -0.39 is 5.97 Å². The van der Waals surface area contributed by atoms with Crippen LogP contribution in [-0.2, 0) is 15.6 Å². The molecule has 0 fully saturated rings. The molecule has 111 valence electrons. The molecule has 0 aliphatic heterocycles. The zero-order valence-corrected chi connectivity index (χ0v) is 13.5. The average Bonchev–Trinajstić information content (AvgIpc) is 2.26. The number of esters is 1. The highest BCUT2D eigenvalue weighted by Crippen LogP contribution is 2.39. The Kier molecular flexibility index (Phi) is 4.52. The number of ether oxygens (including phenoxy) is 1. The molecule has 0 aliphatic carbocycles. The first-order chi connectivity index (χ1) is 8.98. The van der Waals surface area contributed by atoms with E-state index in [0.717, 1.165) is 11.1 Å². The van der Waals surface area contributed by atoms with Gasteiger partial charge in [-0.05, 0) is 29.9 Å². The van der Waals surface area contributed by atoms with E-state index in [1.54, 1.807) is 19.1 Å². The van der Waals surface area contributed by atoms with Crippen molar-refractivity contribution < 1.29 is 14.6 Å². The summed E-state index contributed by atoms with van der Waals surface area (Å²) in [5, 5.41) is 10.5. The van der Waals surface area contributed by atoms with Crippen LogP contribution in [0.3, 0.4) is 0 Å². The normalized spacial score (nSPS) is 12.3. The summed E-state index contributed by atoms with van der Waals surface area (Å²) in [5.41, 5.74) is 1.48. The van der Waals surface area contributed by atoms with Crippen LogP contribution >= 0.6 is 0 Å². The van der Waals surface area contributed by atoms with Crippen LogP contribution in [0.25, 0.3) is 0 Å². The van der Waals surface area contributed by atoms with Crippen LogP contribution < -0.4 is 0 Å². The van der Waals surface area contributed by atoms with Crippen molar-refractivity contribution in [3.05, 3.63) is 35.4 Å². The van der Waals surface area contributed by atoms with Crippen molar-refractivity contribution in [2.24, 2.45) is 0 Å². The highest BCUT2D eigenvalue weighted by atomic mass is 16.5. The van der Waals surface area contributed by atoms with Gasteiger partial charge in [0.15, 0.2) is 0 Å². The summed E-state index contributed by atoms with van der Waals surface area (Å²) in [6.07, 6.45) is 0. The Hall–Kier alpha value is -1.51. The number of carbonyl (C=O) groups is 1. The van der Waals surface area contributed by atoms with Crippen LogP contribution in [0.5, 0.6) is 5.75 Å². The van der Waals surface area contributed by atoms with E-state index in [4.69, 9.17) is 4.74 Å². The van der Waals surface area contributed by atoms with Gasteiger partial charge in [-0.1, -0.05) is 41.5 Å². The molecule has 20 heavy (non-hydrogen) atoms. The van der Waals surface area contributed by atoms with E-state index in [1.165, 1.54) is 6.61 Å². The standard InChI is InChI=1S/C17H25O3/c1-8-20-15(19)11-9-12(16(2,3)4)14(18)13(10-11)17(5,6)7/h8-10,18H,1-7H3. The molecule has 0 bridgehead atoms. The Labute approximate surface area is 122 Å². The summed E-state index contributed by atoms with van der Waals surface area (Å²) in [6.45, 7) is 15.1. The van der Waals surface area contributed by atoms with Crippen molar-refractivity contribution in [3.63, 3.8) is 0 Å². The molecule has 0 aromatic heterocycles. The lowest BCUT2D eigenvalue weighted by atomic mass is 9.78. The molecule has 3 heteroatoms. The molecule has 0 amide bonds. The number of rotatable bonds is 2. The highest BCUT2D eigenvalue weighted by Gasteiger charge is 2.28. The number of aromatic hydroxyl groups is 1. The van der Waals surface area contributed by atoms with Gasteiger partial charge in [0, 0.05) is 11.1 Å².